The molecule has 0 radical (unpaired) electrons. The number of hydrogen-bond donors (Lipinski definition) is 2. The molecule has 0 fully saturated rings. The van der Waals surface area contributed by atoms with Gasteiger partial charge in [0.15, 0.2) is 0 Å². The van der Waals surface area contributed by atoms with E-state index in [1.165, 1.54) is 23.8 Å². The molecule has 4 heteroatoms. The second-order valence-electron chi connectivity index (χ2n) is 5.17. The summed E-state index contributed by atoms with van der Waals surface area (Å²) in [5, 5.41) is 2.86. The zero-order valence-corrected chi connectivity index (χ0v) is 12.0. The highest BCUT2D eigenvalue weighted by Crippen LogP contribution is 2.11. The number of carbonyl (C=O) groups is 1. The van der Waals surface area contributed by atoms with Gasteiger partial charge in [0.25, 0.3) is 5.91 Å². The summed E-state index contributed by atoms with van der Waals surface area (Å²) in [6.07, 6.45) is 1.70. The highest BCUT2D eigenvalue weighted by atomic mass is 19.1. The van der Waals surface area contributed by atoms with E-state index in [0.29, 0.717) is 0 Å². The molecule has 3 nitrogen and oxygen atoms in total. The van der Waals surface area contributed by atoms with E-state index >= 15 is 0 Å². The number of anilines is 1. The van der Waals surface area contributed by atoms with Crippen molar-refractivity contribution in [3.8, 4) is 0 Å². The Labute approximate surface area is 124 Å². The first kappa shape index (κ1) is 15.0. The largest absolute Gasteiger partial charge is 0.399 e. The zero-order chi connectivity index (χ0) is 15.2. The van der Waals surface area contributed by atoms with Gasteiger partial charge in [-0.1, -0.05) is 30.3 Å². The molecular formula is C17H19FN2O. The fourth-order valence-electron chi connectivity index (χ4n) is 2.15. The summed E-state index contributed by atoms with van der Waals surface area (Å²) in [5.41, 5.74) is 7.27. The number of carbonyl (C=O) groups excluding carboxylic acids is 1. The minimum Gasteiger partial charge on any atom is -0.399 e. The van der Waals surface area contributed by atoms with Crippen LogP contribution in [0.3, 0.4) is 0 Å². The normalized spacial score (nSPS) is 11.9. The Balaban J connectivity index is 1.90. The Morgan fingerprint density at radius 2 is 1.95 bits per heavy atom. The van der Waals surface area contributed by atoms with Crippen molar-refractivity contribution < 1.29 is 9.18 Å². The molecule has 21 heavy (non-hydrogen) atoms. The van der Waals surface area contributed by atoms with Crippen LogP contribution in [0.15, 0.2) is 48.5 Å². The van der Waals surface area contributed by atoms with E-state index in [-0.39, 0.29) is 23.2 Å². The average Bonchev–Trinajstić information content (AvgIpc) is 2.45. The molecule has 0 heterocycles. The summed E-state index contributed by atoms with van der Waals surface area (Å²) in [4.78, 5) is 12.0. The lowest BCUT2D eigenvalue weighted by molar-refractivity contribution is 0.0938. The number of nitrogens with two attached hydrogens (primary N) is 1. The van der Waals surface area contributed by atoms with Gasteiger partial charge in [-0.25, -0.2) is 4.39 Å². The molecule has 2 aromatic carbocycles. The third-order valence-electron chi connectivity index (χ3n) is 3.27. The maximum Gasteiger partial charge on any atom is 0.251 e. The van der Waals surface area contributed by atoms with Crippen molar-refractivity contribution in [2.45, 2.75) is 25.8 Å². The van der Waals surface area contributed by atoms with E-state index in [1.807, 2.05) is 25.1 Å². The zero-order valence-electron chi connectivity index (χ0n) is 12.0. The van der Waals surface area contributed by atoms with E-state index in [2.05, 4.69) is 17.4 Å². The number of halogens is 1. The van der Waals surface area contributed by atoms with Crippen LogP contribution in [0.1, 0.15) is 29.3 Å². The van der Waals surface area contributed by atoms with Gasteiger partial charge in [-0.15, -0.1) is 0 Å². The van der Waals surface area contributed by atoms with E-state index < -0.39 is 5.82 Å². The van der Waals surface area contributed by atoms with Gasteiger partial charge in [0.1, 0.15) is 5.82 Å². The molecule has 0 aliphatic heterocycles. The van der Waals surface area contributed by atoms with Crippen molar-refractivity contribution in [3.63, 3.8) is 0 Å². The fourth-order valence-corrected chi connectivity index (χ4v) is 2.15. The summed E-state index contributed by atoms with van der Waals surface area (Å²) >= 11 is 0. The smallest absolute Gasteiger partial charge is 0.251 e. The number of benzene rings is 2. The lowest BCUT2D eigenvalue weighted by Crippen LogP contribution is -2.33. The summed E-state index contributed by atoms with van der Waals surface area (Å²) in [5.74, 6) is -0.807. The van der Waals surface area contributed by atoms with E-state index in [4.69, 9.17) is 5.73 Å². The second kappa shape index (κ2) is 6.88. The van der Waals surface area contributed by atoms with Crippen molar-refractivity contribution in [2.24, 2.45) is 0 Å². The molecule has 0 saturated carbocycles. The van der Waals surface area contributed by atoms with Gasteiger partial charge >= 0.3 is 0 Å². The Bertz CT molecular complexity index is 593. The van der Waals surface area contributed by atoms with Crippen LogP contribution < -0.4 is 11.1 Å². The van der Waals surface area contributed by atoms with E-state index in [9.17, 15) is 9.18 Å². The molecule has 0 saturated heterocycles. The van der Waals surface area contributed by atoms with Crippen LogP contribution in [-0.4, -0.2) is 11.9 Å². The molecule has 2 rings (SSSR count). The first-order chi connectivity index (χ1) is 10.0. The van der Waals surface area contributed by atoms with Gasteiger partial charge < -0.3 is 11.1 Å². The van der Waals surface area contributed by atoms with Crippen molar-refractivity contribution in [2.75, 3.05) is 5.73 Å². The number of nitrogens with one attached hydrogen (secondary N) is 1. The Morgan fingerprint density at radius 3 is 2.62 bits per heavy atom. The Kier molecular flexibility index (Phi) is 4.93. The monoisotopic (exact) mass is 286 g/mol. The van der Waals surface area contributed by atoms with Crippen LogP contribution in [0.5, 0.6) is 0 Å². The van der Waals surface area contributed by atoms with Gasteiger partial charge in [0.2, 0.25) is 0 Å². The summed E-state index contributed by atoms with van der Waals surface area (Å²) in [7, 11) is 0. The van der Waals surface area contributed by atoms with Crippen LogP contribution in [0, 0.1) is 5.82 Å². The number of aryl methyl sites for hydroxylation is 1. The SMILES string of the molecule is CC(CCc1ccccc1)NC(=O)c1cc(N)cc(F)c1. The van der Waals surface area contributed by atoms with Gasteiger partial charge in [-0.3, -0.25) is 4.79 Å². The lowest BCUT2D eigenvalue weighted by Gasteiger charge is -2.14. The van der Waals surface area contributed by atoms with Gasteiger partial charge in [0.05, 0.1) is 0 Å². The quantitative estimate of drug-likeness (QED) is 0.830. The third-order valence-corrected chi connectivity index (χ3v) is 3.27. The van der Waals surface area contributed by atoms with Crippen molar-refractivity contribution in [3.05, 3.63) is 65.5 Å². The first-order valence-electron chi connectivity index (χ1n) is 6.95. The molecule has 0 aromatic heterocycles. The first-order valence-corrected chi connectivity index (χ1v) is 6.95. The number of rotatable bonds is 5. The number of hydrogen-bond acceptors (Lipinski definition) is 2. The van der Waals surface area contributed by atoms with E-state index in [0.717, 1.165) is 12.8 Å². The van der Waals surface area contributed by atoms with Gasteiger partial charge in [-0.2, -0.15) is 0 Å². The van der Waals surface area contributed by atoms with Crippen LogP contribution >= 0.6 is 0 Å². The van der Waals surface area contributed by atoms with Crippen molar-refractivity contribution in [1.29, 1.82) is 0 Å². The standard InChI is InChI=1S/C17H19FN2O/c1-12(7-8-13-5-3-2-4-6-13)20-17(21)14-9-15(18)11-16(19)10-14/h2-6,9-12H,7-8,19H2,1H3,(H,20,21). The second-order valence-corrected chi connectivity index (χ2v) is 5.17. The lowest BCUT2D eigenvalue weighted by atomic mass is 10.1. The summed E-state index contributed by atoms with van der Waals surface area (Å²) < 4.78 is 13.2. The van der Waals surface area contributed by atoms with Crippen molar-refractivity contribution >= 4 is 11.6 Å². The van der Waals surface area contributed by atoms with Crippen LogP contribution in [0.4, 0.5) is 10.1 Å². The molecule has 1 atom stereocenters. The topological polar surface area (TPSA) is 55.1 Å². The van der Waals surface area contributed by atoms with Crippen LogP contribution in [0.2, 0.25) is 0 Å². The molecule has 1 amide bonds. The maximum atomic E-state index is 13.2. The van der Waals surface area contributed by atoms with Crippen molar-refractivity contribution in [1.82, 2.24) is 5.32 Å². The molecule has 3 N–H and O–H groups in total. The van der Waals surface area contributed by atoms with E-state index in [1.54, 1.807) is 0 Å². The molecule has 0 aliphatic rings. The molecule has 0 spiro atoms. The minimum absolute atomic E-state index is 0.00204. The fraction of sp³-hybridized carbons (Fsp3) is 0.235. The predicted molar refractivity (Wildman–Crippen MR) is 82.5 cm³/mol. The molecule has 2 aromatic rings. The Hall–Kier alpha value is -2.36. The molecule has 0 aliphatic carbocycles. The molecule has 0 bridgehead atoms. The van der Waals surface area contributed by atoms with Crippen LogP contribution in [-0.2, 0) is 6.42 Å². The maximum absolute atomic E-state index is 13.2. The molecule has 110 valence electrons. The highest BCUT2D eigenvalue weighted by Gasteiger charge is 2.11. The third kappa shape index (κ3) is 4.60. The number of amides is 1. The number of nitrogen functional groups attached to an aromatic ring is 1. The average molecular weight is 286 g/mol. The van der Waals surface area contributed by atoms with Gasteiger partial charge in [-0.05, 0) is 43.5 Å². The summed E-state index contributed by atoms with van der Waals surface area (Å²) in [6, 6.07) is 13.9. The highest BCUT2D eigenvalue weighted by molar-refractivity contribution is 5.95. The molecule has 1 unspecified atom stereocenters. The summed E-state index contributed by atoms with van der Waals surface area (Å²) in [6.45, 7) is 1.93. The Morgan fingerprint density at radius 1 is 1.24 bits per heavy atom. The predicted octanol–water partition coefficient (Wildman–Crippen LogP) is 3.16. The van der Waals surface area contributed by atoms with Crippen LogP contribution in [0.25, 0.3) is 0 Å². The minimum atomic E-state index is -0.503. The van der Waals surface area contributed by atoms with Gasteiger partial charge in [0, 0.05) is 17.3 Å². The molecular weight excluding hydrogens is 267 g/mol.